The van der Waals surface area contributed by atoms with E-state index in [4.69, 9.17) is 14.2 Å². The van der Waals surface area contributed by atoms with E-state index in [-0.39, 0.29) is 25.8 Å². The molecule has 0 spiro atoms. The number of hydrogen-bond donors (Lipinski definition) is 1. The van der Waals surface area contributed by atoms with Gasteiger partial charge in [0.2, 0.25) is 5.91 Å². The van der Waals surface area contributed by atoms with Crippen LogP contribution in [0.5, 0.6) is 0 Å². The van der Waals surface area contributed by atoms with Crippen LogP contribution in [0.3, 0.4) is 0 Å². The zero-order chi connectivity index (χ0) is 16.3. The van der Waals surface area contributed by atoms with Gasteiger partial charge in [0.15, 0.2) is 0 Å². The number of aliphatic carboxylic acids is 1. The third-order valence-electron chi connectivity index (χ3n) is 2.63. The van der Waals surface area contributed by atoms with Gasteiger partial charge in [0.25, 0.3) is 0 Å². The number of carboxylic acids is 1. The number of aliphatic imine (C=N–C) groups is 1. The predicted molar refractivity (Wildman–Crippen MR) is 79.9 cm³/mol. The van der Waals surface area contributed by atoms with E-state index in [1.54, 1.807) is 20.8 Å². The Morgan fingerprint density at radius 3 is 2.24 bits per heavy atom. The van der Waals surface area contributed by atoms with Crippen molar-refractivity contribution in [1.29, 1.82) is 0 Å². The molecule has 21 heavy (non-hydrogen) atoms. The highest BCUT2D eigenvalue weighted by atomic mass is 31.2. The molecule has 0 rings (SSSR count). The molecule has 7 nitrogen and oxygen atoms in total. The molecule has 122 valence electrons. The average molecular weight is 321 g/mol. The Balaban J connectivity index is 4.27. The number of amides is 1. The molecular weight excluding hydrogens is 297 g/mol. The number of carbonyl (C=O) groups excluding carboxylic acids is 1. The van der Waals surface area contributed by atoms with Gasteiger partial charge < -0.3 is 14.2 Å². The standard InChI is InChI=1S/C13H24NO6P/c1-4-11(13(16)17)10-14-12(15)8-7-9-21(18,19-5-2)20-6-3/h10-11H,4-9H2,1-3H3,(H,16,17)/b14-10-. The lowest BCUT2D eigenvalue weighted by atomic mass is 10.1. The molecule has 0 aromatic carbocycles. The van der Waals surface area contributed by atoms with Crippen molar-refractivity contribution in [2.45, 2.75) is 40.0 Å². The highest BCUT2D eigenvalue weighted by Crippen LogP contribution is 2.48. The number of carboxylic acid groups (broad SMARTS) is 1. The zero-order valence-electron chi connectivity index (χ0n) is 12.8. The van der Waals surface area contributed by atoms with Crippen LogP contribution in [0.15, 0.2) is 4.99 Å². The quantitative estimate of drug-likeness (QED) is 0.463. The van der Waals surface area contributed by atoms with Crippen molar-refractivity contribution in [2.24, 2.45) is 10.9 Å². The van der Waals surface area contributed by atoms with E-state index in [0.717, 1.165) is 6.21 Å². The Morgan fingerprint density at radius 2 is 1.81 bits per heavy atom. The first-order chi connectivity index (χ1) is 9.88. The maximum absolute atomic E-state index is 12.1. The van der Waals surface area contributed by atoms with Gasteiger partial charge in [-0.05, 0) is 26.7 Å². The van der Waals surface area contributed by atoms with Crippen LogP contribution in [0.1, 0.15) is 40.0 Å². The van der Waals surface area contributed by atoms with E-state index in [2.05, 4.69) is 4.99 Å². The molecule has 0 aromatic rings. The SMILES string of the molecule is CCOP(=O)(CCCC(=O)/N=C\C(CC)C(=O)O)OCC. The van der Waals surface area contributed by atoms with Crippen LogP contribution in [0.25, 0.3) is 0 Å². The van der Waals surface area contributed by atoms with E-state index >= 15 is 0 Å². The van der Waals surface area contributed by atoms with Crippen LogP contribution in [-0.4, -0.2) is 42.6 Å². The first-order valence-corrected chi connectivity index (χ1v) is 8.79. The molecule has 0 aromatic heterocycles. The van der Waals surface area contributed by atoms with Crippen molar-refractivity contribution in [3.05, 3.63) is 0 Å². The minimum atomic E-state index is -3.13. The van der Waals surface area contributed by atoms with Crippen LogP contribution in [0, 0.1) is 5.92 Å². The lowest BCUT2D eigenvalue weighted by Gasteiger charge is -2.16. The third kappa shape index (κ3) is 8.75. The van der Waals surface area contributed by atoms with Gasteiger partial charge in [-0.3, -0.25) is 14.2 Å². The maximum Gasteiger partial charge on any atom is 0.330 e. The number of carbonyl (C=O) groups is 2. The Morgan fingerprint density at radius 1 is 1.24 bits per heavy atom. The second kappa shape index (κ2) is 10.7. The third-order valence-corrected chi connectivity index (χ3v) is 4.80. The Bertz CT molecular complexity index is 399. The number of nitrogens with zero attached hydrogens (tertiary/aromatic N) is 1. The lowest BCUT2D eigenvalue weighted by Crippen LogP contribution is -2.14. The van der Waals surface area contributed by atoms with Gasteiger partial charge in [-0.1, -0.05) is 6.92 Å². The van der Waals surface area contributed by atoms with Crippen molar-refractivity contribution in [2.75, 3.05) is 19.4 Å². The maximum atomic E-state index is 12.1. The molecule has 0 fully saturated rings. The Hall–Kier alpha value is -1.04. The largest absolute Gasteiger partial charge is 0.481 e. The second-order valence-electron chi connectivity index (χ2n) is 4.30. The van der Waals surface area contributed by atoms with E-state index in [1.165, 1.54) is 0 Å². The van der Waals surface area contributed by atoms with E-state index in [9.17, 15) is 14.2 Å². The van der Waals surface area contributed by atoms with Gasteiger partial charge in [0, 0.05) is 12.6 Å². The molecule has 0 radical (unpaired) electrons. The summed E-state index contributed by atoms with van der Waals surface area (Å²) in [5, 5.41) is 8.81. The Labute approximate surface area is 125 Å². The summed E-state index contributed by atoms with van der Waals surface area (Å²) in [5.41, 5.74) is 0. The van der Waals surface area contributed by atoms with Gasteiger partial charge in [-0.15, -0.1) is 0 Å². The van der Waals surface area contributed by atoms with Gasteiger partial charge in [-0.25, -0.2) is 4.99 Å². The molecule has 1 amide bonds. The highest BCUT2D eigenvalue weighted by molar-refractivity contribution is 7.53. The minimum absolute atomic E-state index is 0.0801. The van der Waals surface area contributed by atoms with Gasteiger partial charge in [0.05, 0.1) is 25.3 Å². The van der Waals surface area contributed by atoms with Gasteiger partial charge >= 0.3 is 13.6 Å². The molecule has 0 aliphatic carbocycles. The van der Waals surface area contributed by atoms with Crippen LogP contribution >= 0.6 is 7.60 Å². The van der Waals surface area contributed by atoms with E-state index in [0.29, 0.717) is 12.8 Å². The molecule has 0 bridgehead atoms. The molecule has 0 aliphatic heterocycles. The summed E-state index contributed by atoms with van der Waals surface area (Å²) < 4.78 is 22.3. The first-order valence-electron chi connectivity index (χ1n) is 7.06. The molecular formula is C13H24NO6P. The summed E-state index contributed by atoms with van der Waals surface area (Å²) in [5.74, 6) is -2.20. The molecule has 0 saturated carbocycles. The fourth-order valence-electron chi connectivity index (χ4n) is 1.57. The van der Waals surface area contributed by atoms with Crippen LogP contribution < -0.4 is 0 Å². The average Bonchev–Trinajstić information content (AvgIpc) is 2.39. The molecule has 0 saturated heterocycles. The molecule has 1 unspecified atom stereocenters. The molecule has 0 heterocycles. The minimum Gasteiger partial charge on any atom is -0.481 e. The second-order valence-corrected chi connectivity index (χ2v) is 6.48. The van der Waals surface area contributed by atoms with Gasteiger partial charge in [-0.2, -0.15) is 0 Å². The zero-order valence-corrected chi connectivity index (χ0v) is 13.7. The fraction of sp³-hybridized carbons (Fsp3) is 0.769. The number of rotatable bonds is 11. The summed E-state index contributed by atoms with van der Waals surface area (Å²) >= 11 is 0. The van der Waals surface area contributed by atoms with Crippen molar-refractivity contribution in [3.63, 3.8) is 0 Å². The first kappa shape index (κ1) is 20.0. The summed E-state index contributed by atoms with van der Waals surface area (Å²) in [6, 6.07) is 0. The van der Waals surface area contributed by atoms with Gasteiger partial charge in [0.1, 0.15) is 0 Å². The summed E-state index contributed by atoms with van der Waals surface area (Å²) in [6.45, 7) is 5.70. The van der Waals surface area contributed by atoms with Crippen molar-refractivity contribution in [1.82, 2.24) is 0 Å². The van der Waals surface area contributed by atoms with Crippen molar-refractivity contribution >= 4 is 25.7 Å². The summed E-state index contributed by atoms with van der Waals surface area (Å²) in [6.07, 6.45) is 2.06. The normalized spacial score (nSPS) is 13.5. The van der Waals surface area contributed by atoms with Crippen molar-refractivity contribution < 1.29 is 28.3 Å². The van der Waals surface area contributed by atoms with E-state index in [1.807, 2.05) is 0 Å². The molecule has 0 aliphatic rings. The van der Waals surface area contributed by atoms with E-state index < -0.39 is 25.4 Å². The monoisotopic (exact) mass is 321 g/mol. The smallest absolute Gasteiger partial charge is 0.330 e. The molecule has 8 heteroatoms. The number of hydrogen-bond acceptors (Lipinski definition) is 5. The predicted octanol–water partition coefficient (Wildman–Crippen LogP) is 2.74. The van der Waals surface area contributed by atoms with Crippen LogP contribution in [0.2, 0.25) is 0 Å². The Kier molecular flexibility index (Phi) is 10.1. The fourth-order valence-corrected chi connectivity index (χ4v) is 3.23. The lowest BCUT2D eigenvalue weighted by molar-refractivity contribution is -0.139. The topological polar surface area (TPSA) is 102 Å². The summed E-state index contributed by atoms with van der Waals surface area (Å²) in [4.78, 5) is 25.9. The van der Waals surface area contributed by atoms with Crippen LogP contribution in [0.4, 0.5) is 0 Å². The molecule has 1 atom stereocenters. The summed E-state index contributed by atoms with van der Waals surface area (Å²) in [7, 11) is -3.13. The van der Waals surface area contributed by atoms with Crippen LogP contribution in [-0.2, 0) is 23.2 Å². The molecule has 1 N–H and O–H groups in total. The highest BCUT2D eigenvalue weighted by Gasteiger charge is 2.23. The van der Waals surface area contributed by atoms with Crippen molar-refractivity contribution in [3.8, 4) is 0 Å².